The van der Waals surface area contributed by atoms with E-state index in [-0.39, 0.29) is 0 Å². The van der Waals surface area contributed by atoms with Crippen molar-refractivity contribution in [1.82, 2.24) is 0 Å². The largest absolute Gasteiger partial charge is 0.444 e. The van der Waals surface area contributed by atoms with Crippen LogP contribution in [0.1, 0.15) is 0 Å². The molecule has 0 aromatic carbocycles. The second kappa shape index (κ2) is 2.49. The van der Waals surface area contributed by atoms with Gasteiger partial charge in [0.25, 0.3) is 0 Å². The third-order valence-electron chi connectivity index (χ3n) is 0.101. The Kier molecular flexibility index (Phi) is 2.61. The van der Waals surface area contributed by atoms with Gasteiger partial charge in [-0.2, -0.15) is 0 Å². The van der Waals surface area contributed by atoms with Gasteiger partial charge in [0.15, 0.2) is 0 Å². The van der Waals surface area contributed by atoms with Crippen molar-refractivity contribution in [3.8, 4) is 0 Å². The highest BCUT2D eigenvalue weighted by Crippen LogP contribution is 1.89. The van der Waals surface area contributed by atoms with Crippen LogP contribution in [0.5, 0.6) is 0 Å². The lowest BCUT2D eigenvalue weighted by molar-refractivity contribution is 0.234. The molecule has 0 saturated carbocycles. The summed E-state index contributed by atoms with van der Waals surface area (Å²) in [5, 5.41) is -0.588. The van der Waals surface area contributed by atoms with Crippen molar-refractivity contribution >= 4 is 27.4 Å². The summed E-state index contributed by atoms with van der Waals surface area (Å²) in [7, 11) is 1.77. The normalized spacial score (nSPS) is 6.80. The highest BCUT2D eigenvalue weighted by molar-refractivity contribution is 7.96. The van der Waals surface area contributed by atoms with Crippen LogP contribution in [0.3, 0.4) is 0 Å². The maximum Gasteiger partial charge on any atom is 0.366 e. The molecule has 0 bridgehead atoms. The number of carbonyl (C=O) groups excluding carboxylic acids is 1. The fourth-order valence-corrected chi connectivity index (χ4v) is 0. The molecule has 2 nitrogen and oxygen atoms in total. The quantitative estimate of drug-likeness (QED) is 0.369. The van der Waals surface area contributed by atoms with E-state index in [4.69, 9.17) is 0 Å². The van der Waals surface area contributed by atoms with E-state index in [2.05, 4.69) is 17.2 Å². The van der Waals surface area contributed by atoms with Crippen LogP contribution in [-0.4, -0.2) is 5.30 Å². The monoisotopic (exact) mass is 110 g/mol. The summed E-state index contributed by atoms with van der Waals surface area (Å²) in [6, 6.07) is 0. The van der Waals surface area contributed by atoms with E-state index in [9.17, 15) is 4.79 Å². The topological polar surface area (TPSA) is 26.3 Å². The molecule has 1 unspecified atom stereocenters. The van der Waals surface area contributed by atoms with Crippen LogP contribution < -0.4 is 0 Å². The molecule has 5 heavy (non-hydrogen) atoms. The van der Waals surface area contributed by atoms with Crippen LogP contribution in [0.15, 0.2) is 0 Å². The standard InChI is InChI=1S/CH3O2PS/c2-1(5)3-4/h4H2,(H,2,5). The minimum absolute atomic E-state index is 0.588. The van der Waals surface area contributed by atoms with Crippen molar-refractivity contribution in [3.63, 3.8) is 0 Å². The number of hydrogen-bond donors (Lipinski definition) is 1. The summed E-state index contributed by atoms with van der Waals surface area (Å²) < 4.78 is 3.89. The Hall–Kier alpha value is 0.250. The first-order valence-corrected chi connectivity index (χ1v) is 1.79. The van der Waals surface area contributed by atoms with Crippen LogP contribution in [0.2, 0.25) is 0 Å². The molecule has 0 aliphatic heterocycles. The molecule has 0 aliphatic carbocycles. The predicted octanol–water partition coefficient (Wildman–Crippen LogP) is 0.843. The summed E-state index contributed by atoms with van der Waals surface area (Å²) in [4.78, 5) is 9.43. The van der Waals surface area contributed by atoms with E-state index in [0.29, 0.717) is 0 Å². The molecule has 0 N–H and O–H groups in total. The lowest BCUT2D eigenvalue weighted by Gasteiger charge is -1.78. The Labute approximate surface area is 37.6 Å². The summed E-state index contributed by atoms with van der Waals surface area (Å²) in [5.74, 6) is 0. The third-order valence-corrected chi connectivity index (χ3v) is 0.619. The van der Waals surface area contributed by atoms with Gasteiger partial charge in [-0.3, -0.25) is 0 Å². The van der Waals surface area contributed by atoms with Crippen molar-refractivity contribution < 1.29 is 9.32 Å². The smallest absolute Gasteiger partial charge is 0.366 e. The first-order chi connectivity index (χ1) is 2.27. The molecule has 0 amide bonds. The summed E-state index contributed by atoms with van der Waals surface area (Å²) in [6.45, 7) is 0. The van der Waals surface area contributed by atoms with Gasteiger partial charge in [-0.15, -0.1) is 0 Å². The van der Waals surface area contributed by atoms with Crippen molar-refractivity contribution in [2.45, 2.75) is 0 Å². The molecule has 0 aromatic heterocycles. The van der Waals surface area contributed by atoms with Gasteiger partial charge in [-0.25, -0.2) is 4.79 Å². The van der Waals surface area contributed by atoms with Gasteiger partial charge in [-0.05, 0) is 0 Å². The molecule has 0 heterocycles. The Morgan fingerprint density at radius 3 is 2.20 bits per heavy atom. The first kappa shape index (κ1) is 5.25. The molecule has 0 radical (unpaired) electrons. The van der Waals surface area contributed by atoms with Crippen LogP contribution in [-0.2, 0) is 4.52 Å². The Balaban J connectivity index is 2.85. The second-order valence-corrected chi connectivity index (χ2v) is 0.985. The lowest BCUT2D eigenvalue weighted by Crippen LogP contribution is -1.72. The van der Waals surface area contributed by atoms with E-state index in [1.807, 2.05) is 0 Å². The van der Waals surface area contributed by atoms with Crippen LogP contribution in [0.4, 0.5) is 4.79 Å². The summed E-state index contributed by atoms with van der Waals surface area (Å²) in [5.41, 5.74) is 0. The van der Waals surface area contributed by atoms with Gasteiger partial charge < -0.3 is 4.52 Å². The zero-order valence-corrected chi connectivity index (χ0v) is 4.39. The van der Waals surface area contributed by atoms with Crippen molar-refractivity contribution in [3.05, 3.63) is 0 Å². The fourth-order valence-electron chi connectivity index (χ4n) is 0. The SMILES string of the molecule is O=C(S)OP. The van der Waals surface area contributed by atoms with E-state index in [1.165, 1.54) is 0 Å². The van der Waals surface area contributed by atoms with Gasteiger partial charge in [0.2, 0.25) is 0 Å². The van der Waals surface area contributed by atoms with E-state index < -0.39 is 5.30 Å². The second-order valence-electron chi connectivity index (χ2n) is 0.384. The molecular weight excluding hydrogens is 107 g/mol. The number of carbonyl (C=O) groups is 1. The highest BCUT2D eigenvalue weighted by atomic mass is 32.1. The Morgan fingerprint density at radius 2 is 2.20 bits per heavy atom. The summed E-state index contributed by atoms with van der Waals surface area (Å²) in [6.07, 6.45) is 0. The van der Waals surface area contributed by atoms with Gasteiger partial charge in [0.05, 0.1) is 9.47 Å². The van der Waals surface area contributed by atoms with Gasteiger partial charge in [0.1, 0.15) is 0 Å². The maximum atomic E-state index is 9.43. The molecule has 1 atom stereocenters. The number of hydrogen-bond acceptors (Lipinski definition) is 2. The van der Waals surface area contributed by atoms with Crippen molar-refractivity contribution in [2.24, 2.45) is 0 Å². The third kappa shape index (κ3) is 4.25. The highest BCUT2D eigenvalue weighted by Gasteiger charge is 1.77. The van der Waals surface area contributed by atoms with Gasteiger partial charge in [0, 0.05) is 0 Å². The van der Waals surface area contributed by atoms with Crippen molar-refractivity contribution in [1.29, 1.82) is 0 Å². The first-order valence-electron chi connectivity index (χ1n) is 0.868. The molecule has 0 spiro atoms. The van der Waals surface area contributed by atoms with E-state index in [0.717, 1.165) is 0 Å². The Morgan fingerprint density at radius 1 is 2.00 bits per heavy atom. The fraction of sp³-hybridized carbons (Fsp3) is 0. The average Bonchev–Trinajstić information content (AvgIpc) is 1.38. The zero-order valence-electron chi connectivity index (χ0n) is 2.34. The average molecular weight is 110 g/mol. The van der Waals surface area contributed by atoms with Crippen molar-refractivity contribution in [2.75, 3.05) is 0 Å². The van der Waals surface area contributed by atoms with Gasteiger partial charge in [-0.1, -0.05) is 12.6 Å². The maximum absolute atomic E-state index is 9.43. The minimum Gasteiger partial charge on any atom is -0.444 e. The molecule has 0 aromatic rings. The zero-order chi connectivity index (χ0) is 4.28. The van der Waals surface area contributed by atoms with Crippen LogP contribution in [0, 0.1) is 0 Å². The molecule has 0 aliphatic rings. The molecule has 30 valence electrons. The van der Waals surface area contributed by atoms with Gasteiger partial charge >= 0.3 is 5.30 Å². The van der Waals surface area contributed by atoms with Crippen LogP contribution in [0.25, 0.3) is 0 Å². The Bertz CT molecular complexity index is 44.9. The van der Waals surface area contributed by atoms with E-state index >= 15 is 0 Å². The van der Waals surface area contributed by atoms with Crippen LogP contribution >= 0.6 is 22.1 Å². The lowest BCUT2D eigenvalue weighted by atomic mass is 11.6. The molecule has 0 saturated heterocycles. The number of rotatable bonds is 0. The molecule has 0 rings (SSSR count). The minimum atomic E-state index is -0.588. The predicted molar refractivity (Wildman–Crippen MR) is 25.2 cm³/mol. The number of thiol groups is 1. The van der Waals surface area contributed by atoms with E-state index in [1.54, 1.807) is 9.47 Å². The summed E-state index contributed by atoms with van der Waals surface area (Å²) >= 11 is 3.22. The molecule has 0 fully saturated rings. The molecule has 4 heteroatoms. The molecular formula is CH3O2PS.